The van der Waals surface area contributed by atoms with E-state index >= 15 is 0 Å². The normalized spacial score (nSPS) is 32.9. The summed E-state index contributed by atoms with van der Waals surface area (Å²) in [4.78, 5) is 34.6. The predicted octanol–water partition coefficient (Wildman–Crippen LogP) is 1.22. The number of aromatic amines is 1. The number of hydrogen-bond donors (Lipinski definition) is 3. The Balaban J connectivity index is 1.25. The molecule has 4 heterocycles. The third kappa shape index (κ3) is 3.37. The van der Waals surface area contributed by atoms with Gasteiger partial charge in [-0.05, 0) is 55.9 Å². The second-order valence-electron chi connectivity index (χ2n) is 11.1. The second-order valence-corrected chi connectivity index (χ2v) is 13.4. The highest BCUT2D eigenvalue weighted by Gasteiger charge is 2.56. The van der Waals surface area contributed by atoms with Crippen molar-refractivity contribution in [3.8, 4) is 0 Å². The Kier molecular flexibility index (Phi) is 4.64. The maximum atomic E-state index is 12.9. The first-order valence-electron chi connectivity index (χ1n) is 12.6. The average Bonchev–Trinajstić information content (AvgIpc) is 3.42. The Hall–Kier alpha value is -2.99. The van der Waals surface area contributed by atoms with E-state index in [1.54, 1.807) is 6.20 Å². The minimum Gasteiger partial charge on any atom is -0.390 e. The van der Waals surface area contributed by atoms with Gasteiger partial charge < -0.3 is 20.3 Å². The smallest absolute Gasteiger partial charge is 0.315 e. The summed E-state index contributed by atoms with van der Waals surface area (Å²) in [6.45, 7) is 0.00955. The van der Waals surface area contributed by atoms with Gasteiger partial charge >= 0.3 is 11.8 Å². The molecule has 4 saturated carbocycles. The minimum absolute atomic E-state index is 0.00477. The number of anilines is 1. The number of aliphatic hydroxyl groups is 1. The number of carbonyl (C=O) groups excluding carboxylic acids is 2. The van der Waals surface area contributed by atoms with Crippen LogP contribution in [0.15, 0.2) is 18.5 Å². The zero-order valence-corrected chi connectivity index (χ0v) is 20.5. The molecular formula is C24H28N6O5S. The largest absolute Gasteiger partial charge is 0.390 e. The van der Waals surface area contributed by atoms with Gasteiger partial charge in [0.2, 0.25) is 0 Å². The standard InChI is InChI=1S/C24H28N6O5S/c31-22(23(32)29-3-5-36(34,35)6-4-29)27-21-17-12-26-20-16(1-2-25-20)19(17)30(28-21)18-14-7-13-8-15(18)11-24(33,9-13)10-14/h1-2,12-15,18,33H,3-11H2,(H,25,26)(H,27,28,31)/t13?,14-,15+,18+,24-. The lowest BCUT2D eigenvalue weighted by Crippen LogP contribution is -2.55. The highest BCUT2D eigenvalue weighted by atomic mass is 32.2. The van der Waals surface area contributed by atoms with Crippen molar-refractivity contribution < 1.29 is 23.1 Å². The molecule has 3 aromatic rings. The van der Waals surface area contributed by atoms with Gasteiger partial charge in [0.15, 0.2) is 15.7 Å². The van der Waals surface area contributed by atoms with Gasteiger partial charge in [0.05, 0.1) is 34.1 Å². The Bertz CT molecular complexity index is 1500. The fourth-order valence-corrected chi connectivity index (χ4v) is 8.71. The van der Waals surface area contributed by atoms with Crippen LogP contribution in [0, 0.1) is 17.8 Å². The van der Waals surface area contributed by atoms with Crippen LogP contribution in [0.3, 0.4) is 0 Å². The summed E-state index contributed by atoms with van der Waals surface area (Å²) in [6.07, 6.45) is 8.00. The molecule has 2 amide bonds. The van der Waals surface area contributed by atoms with Crippen LogP contribution in [0.2, 0.25) is 0 Å². The molecule has 1 aliphatic heterocycles. The van der Waals surface area contributed by atoms with Gasteiger partial charge in [-0.3, -0.25) is 14.3 Å². The monoisotopic (exact) mass is 512 g/mol. The van der Waals surface area contributed by atoms with Crippen LogP contribution in [0.5, 0.6) is 0 Å². The summed E-state index contributed by atoms with van der Waals surface area (Å²) >= 11 is 0. The van der Waals surface area contributed by atoms with Crippen molar-refractivity contribution >= 4 is 49.4 Å². The highest BCUT2D eigenvalue weighted by Crippen LogP contribution is 2.60. The van der Waals surface area contributed by atoms with Crippen LogP contribution in [-0.2, 0) is 19.4 Å². The lowest BCUT2D eigenvalue weighted by Gasteiger charge is -2.57. The van der Waals surface area contributed by atoms with Crippen LogP contribution in [-0.4, -0.2) is 80.2 Å². The third-order valence-corrected chi connectivity index (χ3v) is 10.4. The number of hydrogen-bond acceptors (Lipinski definition) is 7. The number of nitrogens with zero attached hydrogens (tertiary/aromatic N) is 4. The van der Waals surface area contributed by atoms with Crippen molar-refractivity contribution in [2.75, 3.05) is 29.9 Å². The van der Waals surface area contributed by atoms with E-state index in [0.717, 1.165) is 48.7 Å². The number of nitrogens with one attached hydrogen (secondary N) is 2. The second kappa shape index (κ2) is 7.51. The number of amides is 2. The molecule has 3 aromatic heterocycles. The van der Waals surface area contributed by atoms with E-state index in [9.17, 15) is 23.1 Å². The van der Waals surface area contributed by atoms with Gasteiger partial charge in [-0.2, -0.15) is 5.10 Å². The van der Waals surface area contributed by atoms with E-state index in [2.05, 4.69) is 15.3 Å². The van der Waals surface area contributed by atoms with Crippen LogP contribution < -0.4 is 5.32 Å². The number of rotatable bonds is 2. The highest BCUT2D eigenvalue weighted by molar-refractivity contribution is 7.91. The van der Waals surface area contributed by atoms with Crippen LogP contribution in [0.4, 0.5) is 5.82 Å². The third-order valence-electron chi connectivity index (χ3n) is 8.78. The Morgan fingerprint density at radius 1 is 1.11 bits per heavy atom. The zero-order valence-electron chi connectivity index (χ0n) is 19.7. The quantitative estimate of drug-likeness (QED) is 0.437. The molecule has 12 heteroatoms. The maximum Gasteiger partial charge on any atom is 0.315 e. The molecular weight excluding hydrogens is 484 g/mol. The van der Waals surface area contributed by atoms with Crippen LogP contribution in [0.1, 0.15) is 38.1 Å². The van der Waals surface area contributed by atoms with Crippen molar-refractivity contribution in [2.45, 2.75) is 43.7 Å². The first-order valence-corrected chi connectivity index (χ1v) is 14.4. The number of H-pyrrole nitrogens is 1. The van der Waals surface area contributed by atoms with E-state index in [0.29, 0.717) is 23.1 Å². The molecule has 8 rings (SSSR count). The number of fused-ring (bicyclic) bond motifs is 3. The van der Waals surface area contributed by atoms with Crippen molar-refractivity contribution in [3.05, 3.63) is 18.5 Å². The summed E-state index contributed by atoms with van der Waals surface area (Å²) in [5.41, 5.74) is 0.999. The van der Waals surface area contributed by atoms with Crippen LogP contribution in [0.25, 0.3) is 21.9 Å². The molecule has 11 nitrogen and oxygen atoms in total. The lowest BCUT2D eigenvalue weighted by molar-refractivity contribution is -0.148. The number of aromatic nitrogens is 4. The van der Waals surface area contributed by atoms with Gasteiger partial charge in [-0.25, -0.2) is 13.4 Å². The topological polar surface area (TPSA) is 150 Å². The Labute approximate surface area is 207 Å². The molecule has 1 unspecified atom stereocenters. The molecule has 36 heavy (non-hydrogen) atoms. The van der Waals surface area contributed by atoms with E-state index in [1.807, 2.05) is 16.9 Å². The van der Waals surface area contributed by atoms with Gasteiger partial charge in [0.25, 0.3) is 0 Å². The molecule has 0 spiro atoms. The van der Waals surface area contributed by atoms with Gasteiger partial charge in [0.1, 0.15) is 5.65 Å². The SMILES string of the molecule is O=C(Nc1nn([C@H]2[C@@H]3CC4C[C@H]2C[C@@](O)(C4)C3)c2c1cnc1[nH]ccc12)C(=O)N1CCS(=O)(=O)CC1. The van der Waals surface area contributed by atoms with Crippen molar-refractivity contribution in [2.24, 2.45) is 17.8 Å². The van der Waals surface area contributed by atoms with Gasteiger partial charge in [0, 0.05) is 30.9 Å². The van der Waals surface area contributed by atoms with Crippen molar-refractivity contribution in [1.29, 1.82) is 0 Å². The van der Waals surface area contributed by atoms with E-state index < -0.39 is 27.3 Å². The average molecular weight is 513 g/mol. The van der Waals surface area contributed by atoms with Crippen molar-refractivity contribution in [1.82, 2.24) is 24.6 Å². The first kappa shape index (κ1) is 22.2. The molecule has 1 saturated heterocycles. The molecule has 5 aliphatic rings. The maximum absolute atomic E-state index is 12.9. The minimum atomic E-state index is -3.17. The number of carbonyl (C=O) groups is 2. The van der Waals surface area contributed by atoms with Crippen molar-refractivity contribution in [3.63, 3.8) is 0 Å². The van der Waals surface area contributed by atoms with E-state index in [1.165, 1.54) is 4.90 Å². The fraction of sp³-hybridized carbons (Fsp3) is 0.583. The fourth-order valence-electron chi connectivity index (χ4n) is 7.51. The molecule has 5 atom stereocenters. The summed E-state index contributed by atoms with van der Waals surface area (Å²) in [5.74, 6) is -0.470. The first-order chi connectivity index (χ1) is 17.2. The van der Waals surface area contributed by atoms with Gasteiger partial charge in [-0.1, -0.05) is 0 Å². The molecule has 3 N–H and O–H groups in total. The zero-order chi connectivity index (χ0) is 24.8. The molecule has 5 fully saturated rings. The molecule has 0 aromatic carbocycles. The van der Waals surface area contributed by atoms with Gasteiger partial charge in [-0.15, -0.1) is 0 Å². The van der Waals surface area contributed by atoms with Crippen LogP contribution >= 0.6 is 0 Å². The molecule has 190 valence electrons. The lowest BCUT2D eigenvalue weighted by atomic mass is 9.52. The summed E-state index contributed by atoms with van der Waals surface area (Å²) in [7, 11) is -3.17. The molecule has 4 aliphatic carbocycles. The molecule has 0 radical (unpaired) electrons. The summed E-state index contributed by atoms with van der Waals surface area (Å²) < 4.78 is 25.4. The van der Waals surface area contributed by atoms with E-state index in [4.69, 9.17) is 5.10 Å². The Morgan fingerprint density at radius 2 is 1.83 bits per heavy atom. The number of pyridine rings is 1. The number of sulfone groups is 1. The molecule has 4 bridgehead atoms. The Morgan fingerprint density at radius 3 is 2.53 bits per heavy atom. The summed E-state index contributed by atoms with van der Waals surface area (Å²) in [5, 5.41) is 20.2. The van der Waals surface area contributed by atoms with E-state index in [-0.39, 0.29) is 36.5 Å². The predicted molar refractivity (Wildman–Crippen MR) is 131 cm³/mol. The summed E-state index contributed by atoms with van der Waals surface area (Å²) in [6, 6.07) is 2.04.